The summed E-state index contributed by atoms with van der Waals surface area (Å²) in [5.74, 6) is -2.91. The number of fused-ring (bicyclic) bond motifs is 1. The fourth-order valence-electron chi connectivity index (χ4n) is 3.94. The van der Waals surface area contributed by atoms with E-state index in [9.17, 15) is 24.0 Å². The summed E-state index contributed by atoms with van der Waals surface area (Å²) in [5, 5.41) is 0.107. The van der Waals surface area contributed by atoms with Crippen LogP contribution in [-0.2, 0) is 38.1 Å². The van der Waals surface area contributed by atoms with Gasteiger partial charge in [-0.1, -0.05) is 19.8 Å². The van der Waals surface area contributed by atoms with Crippen LogP contribution in [-0.4, -0.2) is 55.1 Å². The molecule has 12 nitrogen and oxygen atoms in total. The molecule has 4 atom stereocenters. The molecule has 1 fully saturated rings. The average molecular weight is 613 g/mol. The lowest BCUT2D eigenvalue weighted by Gasteiger charge is -2.24. The first-order chi connectivity index (χ1) is 18.5. The molecule has 0 saturated carbocycles. The molecular formula is C26H29BrO12. The van der Waals surface area contributed by atoms with E-state index in [-0.39, 0.29) is 40.0 Å². The Morgan fingerprint density at radius 2 is 1.69 bits per heavy atom. The maximum atomic E-state index is 12.7. The van der Waals surface area contributed by atoms with Crippen LogP contribution in [0.3, 0.4) is 0 Å². The quantitative estimate of drug-likeness (QED) is 0.158. The molecule has 13 heteroatoms. The Morgan fingerprint density at radius 1 is 1.00 bits per heavy atom. The third-order valence-corrected chi connectivity index (χ3v) is 6.20. The van der Waals surface area contributed by atoms with Gasteiger partial charge in [0.05, 0.1) is 11.6 Å². The first-order valence-electron chi connectivity index (χ1n) is 12.3. The summed E-state index contributed by atoms with van der Waals surface area (Å²) >= 11 is 3.32. The van der Waals surface area contributed by atoms with Crippen molar-refractivity contribution in [3.8, 4) is 11.5 Å². The van der Waals surface area contributed by atoms with E-state index in [4.69, 9.17) is 32.8 Å². The minimum absolute atomic E-state index is 0.0641. The second-order valence-electron chi connectivity index (χ2n) is 8.72. The van der Waals surface area contributed by atoms with Gasteiger partial charge in [0.15, 0.2) is 22.9 Å². The molecule has 0 amide bonds. The lowest BCUT2D eigenvalue weighted by molar-refractivity contribution is -0.170. The van der Waals surface area contributed by atoms with Gasteiger partial charge in [0, 0.05) is 37.7 Å². The van der Waals surface area contributed by atoms with Gasteiger partial charge >= 0.3 is 23.9 Å². The Hall–Kier alpha value is -3.45. The second kappa shape index (κ2) is 13.6. The van der Waals surface area contributed by atoms with Gasteiger partial charge in [0.1, 0.15) is 12.7 Å². The molecule has 39 heavy (non-hydrogen) atoms. The van der Waals surface area contributed by atoms with E-state index in [1.807, 2.05) is 6.92 Å². The summed E-state index contributed by atoms with van der Waals surface area (Å²) in [4.78, 5) is 60.3. The van der Waals surface area contributed by atoms with E-state index >= 15 is 0 Å². The Kier molecular flexibility index (Phi) is 10.5. The van der Waals surface area contributed by atoms with Crippen molar-refractivity contribution in [1.29, 1.82) is 0 Å². The second-order valence-corrected chi connectivity index (χ2v) is 9.57. The average Bonchev–Trinajstić information content (AvgIpc) is 3.14. The molecule has 1 aliphatic heterocycles. The lowest BCUT2D eigenvalue weighted by atomic mass is 10.1. The van der Waals surface area contributed by atoms with Crippen molar-refractivity contribution >= 4 is 50.8 Å². The maximum Gasteiger partial charge on any atom is 0.311 e. The van der Waals surface area contributed by atoms with E-state index in [0.29, 0.717) is 6.42 Å². The zero-order chi connectivity index (χ0) is 28.7. The first-order valence-corrected chi connectivity index (χ1v) is 13.1. The number of hydrogen-bond acceptors (Lipinski definition) is 12. The molecule has 1 saturated heterocycles. The summed E-state index contributed by atoms with van der Waals surface area (Å²) in [5.41, 5.74) is -0.463. The molecule has 0 N–H and O–H groups in total. The Bertz CT molecular complexity index is 1290. The van der Waals surface area contributed by atoms with Crippen LogP contribution in [0.2, 0.25) is 0 Å². The minimum Gasteiger partial charge on any atom is -0.463 e. The van der Waals surface area contributed by atoms with Crippen LogP contribution in [0.15, 0.2) is 32.1 Å². The van der Waals surface area contributed by atoms with E-state index in [0.717, 1.165) is 33.0 Å². The van der Waals surface area contributed by atoms with Gasteiger partial charge < -0.3 is 32.8 Å². The molecule has 1 aliphatic rings. The number of ether oxygens (including phenoxy) is 6. The van der Waals surface area contributed by atoms with Crippen molar-refractivity contribution in [3.05, 3.63) is 33.1 Å². The highest BCUT2D eigenvalue weighted by Gasteiger charge is 2.51. The van der Waals surface area contributed by atoms with Crippen LogP contribution < -0.4 is 14.9 Å². The van der Waals surface area contributed by atoms with Crippen molar-refractivity contribution in [3.63, 3.8) is 0 Å². The van der Waals surface area contributed by atoms with Gasteiger partial charge in [-0.15, -0.1) is 0 Å². The lowest BCUT2D eigenvalue weighted by Crippen LogP contribution is -2.42. The molecule has 212 valence electrons. The van der Waals surface area contributed by atoms with Gasteiger partial charge in [0.25, 0.3) is 0 Å². The number of carbonyl (C=O) groups excluding carboxylic acids is 4. The Balaban J connectivity index is 2.04. The normalized spacial score (nSPS) is 20.3. The van der Waals surface area contributed by atoms with Crippen molar-refractivity contribution in [2.24, 2.45) is 0 Å². The zero-order valence-corrected chi connectivity index (χ0v) is 23.4. The third kappa shape index (κ3) is 7.79. The Labute approximate surface area is 231 Å². The number of rotatable bonds is 11. The number of halogens is 1. The molecular weight excluding hydrogens is 584 g/mol. The van der Waals surface area contributed by atoms with Crippen LogP contribution in [0.1, 0.15) is 53.4 Å². The molecule has 0 unspecified atom stereocenters. The molecule has 0 aliphatic carbocycles. The maximum absolute atomic E-state index is 12.7. The molecule has 1 aromatic carbocycles. The molecule has 0 spiro atoms. The summed E-state index contributed by atoms with van der Waals surface area (Å²) in [6, 6.07) is 2.59. The van der Waals surface area contributed by atoms with Gasteiger partial charge in [-0.05, 0) is 28.4 Å². The van der Waals surface area contributed by atoms with Crippen LogP contribution in [0.4, 0.5) is 0 Å². The number of carbonyl (C=O) groups is 4. The minimum atomic E-state index is -1.41. The van der Waals surface area contributed by atoms with Crippen LogP contribution in [0, 0.1) is 0 Å². The number of benzene rings is 1. The first kappa shape index (κ1) is 30.1. The number of hydrogen-bond donors (Lipinski definition) is 0. The summed E-state index contributed by atoms with van der Waals surface area (Å²) < 4.78 is 39.0. The fourth-order valence-corrected chi connectivity index (χ4v) is 4.52. The molecule has 0 radical (unpaired) electrons. The van der Waals surface area contributed by atoms with Crippen LogP contribution in [0.25, 0.3) is 11.0 Å². The highest BCUT2D eigenvalue weighted by atomic mass is 79.9. The van der Waals surface area contributed by atoms with E-state index in [2.05, 4.69) is 15.9 Å². The monoisotopic (exact) mass is 612 g/mol. The number of esters is 4. The molecule has 0 bridgehead atoms. The summed E-state index contributed by atoms with van der Waals surface area (Å²) in [7, 11) is 0. The van der Waals surface area contributed by atoms with E-state index < -0.39 is 53.9 Å². The van der Waals surface area contributed by atoms with Crippen molar-refractivity contribution in [1.82, 2.24) is 0 Å². The molecule has 2 aromatic rings. The molecule has 3 rings (SSSR count). The smallest absolute Gasteiger partial charge is 0.311 e. The van der Waals surface area contributed by atoms with Gasteiger partial charge in [-0.25, -0.2) is 0 Å². The number of unbranched alkanes of at least 4 members (excludes halogenated alkanes) is 2. The zero-order valence-electron chi connectivity index (χ0n) is 21.9. The highest BCUT2D eigenvalue weighted by molar-refractivity contribution is 9.10. The van der Waals surface area contributed by atoms with Crippen LogP contribution >= 0.6 is 15.9 Å². The SMILES string of the molecule is CCCCCC(=O)Oc1c(O[C@H]2O[C@H](COC(C)=O)[C@@H](OC(C)=O)[C@@H]2OC(C)=O)cc(Br)c2c(=O)ccoc12. The standard InChI is InChI=1S/C26H29BrO12/c1-5-6-7-8-20(32)39-22-18(11-16(27)21-17(31)9-10-33-24(21)22)37-26-25(36-15(4)30)23(35-14(3)29)19(38-26)12-34-13(2)28/h9-11,19,23,25-26H,5-8,12H2,1-4H3/t19-,23-,25+,26+/m1/s1. The van der Waals surface area contributed by atoms with Crippen molar-refractivity contribution in [2.45, 2.75) is 78.0 Å². The van der Waals surface area contributed by atoms with Crippen LogP contribution in [0.5, 0.6) is 11.5 Å². The van der Waals surface area contributed by atoms with Crippen molar-refractivity contribution < 1.29 is 52.0 Å². The largest absolute Gasteiger partial charge is 0.463 e. The summed E-state index contributed by atoms with van der Waals surface area (Å²) in [6.07, 6.45) is -1.40. The molecule has 2 heterocycles. The highest BCUT2D eigenvalue weighted by Crippen LogP contribution is 2.41. The van der Waals surface area contributed by atoms with E-state index in [1.165, 1.54) is 19.1 Å². The predicted octanol–water partition coefficient (Wildman–Crippen LogP) is 3.57. The fraction of sp³-hybridized carbons (Fsp3) is 0.500. The van der Waals surface area contributed by atoms with Gasteiger partial charge in [-0.3, -0.25) is 24.0 Å². The van der Waals surface area contributed by atoms with E-state index in [1.54, 1.807) is 0 Å². The summed E-state index contributed by atoms with van der Waals surface area (Å²) in [6.45, 7) is 5.15. The van der Waals surface area contributed by atoms with Gasteiger partial charge in [0.2, 0.25) is 18.1 Å². The topological polar surface area (TPSA) is 154 Å². The van der Waals surface area contributed by atoms with Crippen molar-refractivity contribution in [2.75, 3.05) is 6.61 Å². The molecule has 1 aromatic heterocycles. The Morgan fingerprint density at radius 3 is 2.33 bits per heavy atom. The predicted molar refractivity (Wildman–Crippen MR) is 137 cm³/mol. The third-order valence-electron chi connectivity index (χ3n) is 5.57. The van der Waals surface area contributed by atoms with Gasteiger partial charge in [-0.2, -0.15) is 0 Å².